The number of nitrogens with zero attached hydrogens (tertiary/aromatic N) is 2. The van der Waals surface area contributed by atoms with E-state index in [4.69, 9.17) is 16.1 Å². The third kappa shape index (κ3) is 2.67. The number of rotatable bonds is 4. The Hall–Kier alpha value is -2.22. The predicted molar refractivity (Wildman–Crippen MR) is 65.9 cm³/mol. The summed E-state index contributed by atoms with van der Waals surface area (Å²) in [6.45, 7) is 1.89. The van der Waals surface area contributed by atoms with Crippen LogP contribution in [0.4, 0.5) is 11.4 Å². The van der Waals surface area contributed by atoms with E-state index in [0.29, 0.717) is 12.1 Å². The minimum absolute atomic E-state index is 0.0219. The Balaban J connectivity index is 3.11. The highest BCUT2D eigenvalue weighted by Gasteiger charge is 2.16. The summed E-state index contributed by atoms with van der Waals surface area (Å²) in [5.74, 6) is -1.05. The summed E-state index contributed by atoms with van der Waals surface area (Å²) in [5.41, 5.74) is 6.76. The van der Waals surface area contributed by atoms with Gasteiger partial charge >= 0.3 is 5.97 Å². The van der Waals surface area contributed by atoms with Gasteiger partial charge in [0.1, 0.15) is 0 Å². The lowest BCUT2D eigenvalue weighted by molar-refractivity contribution is 0.0698. The molecule has 0 heterocycles. The summed E-state index contributed by atoms with van der Waals surface area (Å²) in [7, 11) is 1.79. The molecule has 5 nitrogen and oxygen atoms in total. The van der Waals surface area contributed by atoms with Crippen LogP contribution in [0.2, 0.25) is 0 Å². The topological polar surface area (TPSA) is 90.3 Å². The van der Waals surface area contributed by atoms with Crippen molar-refractivity contribution in [3.05, 3.63) is 23.8 Å². The van der Waals surface area contributed by atoms with Gasteiger partial charge in [-0.2, -0.15) is 5.26 Å². The molecule has 0 aliphatic heterocycles. The van der Waals surface area contributed by atoms with E-state index in [0.717, 1.165) is 0 Å². The molecular formula is C12H15N3O2. The molecule has 3 N–H and O–H groups in total. The molecule has 90 valence electrons. The first kappa shape index (κ1) is 12.8. The molecule has 0 amide bonds. The van der Waals surface area contributed by atoms with Gasteiger partial charge in [-0.1, -0.05) is 6.07 Å². The zero-order valence-corrected chi connectivity index (χ0v) is 9.84. The average Bonchev–Trinajstić information content (AvgIpc) is 2.28. The van der Waals surface area contributed by atoms with Crippen LogP contribution in [0.1, 0.15) is 23.7 Å². The Bertz CT molecular complexity index is 465. The third-order valence-electron chi connectivity index (χ3n) is 2.74. The molecule has 0 saturated heterocycles. The van der Waals surface area contributed by atoms with Crippen molar-refractivity contribution in [2.75, 3.05) is 17.7 Å². The Morgan fingerprint density at radius 3 is 2.82 bits per heavy atom. The van der Waals surface area contributed by atoms with E-state index in [1.165, 1.54) is 6.07 Å². The van der Waals surface area contributed by atoms with Gasteiger partial charge in [-0.25, -0.2) is 4.79 Å². The molecular weight excluding hydrogens is 218 g/mol. The van der Waals surface area contributed by atoms with Crippen molar-refractivity contribution in [1.82, 2.24) is 0 Å². The molecule has 1 atom stereocenters. The molecule has 0 aliphatic carbocycles. The highest BCUT2D eigenvalue weighted by Crippen LogP contribution is 2.27. The number of anilines is 2. The molecule has 1 aromatic carbocycles. The summed E-state index contributed by atoms with van der Waals surface area (Å²) < 4.78 is 0. The van der Waals surface area contributed by atoms with E-state index < -0.39 is 5.97 Å². The summed E-state index contributed by atoms with van der Waals surface area (Å²) in [6.07, 6.45) is 0.354. The monoisotopic (exact) mass is 233 g/mol. The number of hydrogen-bond donors (Lipinski definition) is 2. The van der Waals surface area contributed by atoms with Crippen LogP contribution in [0.15, 0.2) is 18.2 Å². The minimum Gasteiger partial charge on any atom is -0.478 e. The van der Waals surface area contributed by atoms with E-state index in [1.54, 1.807) is 19.2 Å². The first-order chi connectivity index (χ1) is 7.99. The fraction of sp³-hybridized carbons (Fsp3) is 0.333. The van der Waals surface area contributed by atoms with Gasteiger partial charge in [-0.15, -0.1) is 0 Å². The predicted octanol–water partition coefficient (Wildman–Crippen LogP) is 1.71. The third-order valence-corrected chi connectivity index (χ3v) is 2.74. The number of hydrogen-bond acceptors (Lipinski definition) is 4. The van der Waals surface area contributed by atoms with Crippen molar-refractivity contribution in [1.29, 1.82) is 5.26 Å². The van der Waals surface area contributed by atoms with Crippen LogP contribution < -0.4 is 10.6 Å². The molecule has 1 rings (SSSR count). The molecule has 0 radical (unpaired) electrons. The SMILES string of the molecule is CC(CC#N)N(C)c1cccc(C(=O)O)c1N. The first-order valence-electron chi connectivity index (χ1n) is 5.20. The number of nitriles is 1. The van der Waals surface area contributed by atoms with Crippen LogP contribution in [0.25, 0.3) is 0 Å². The second-order valence-electron chi connectivity index (χ2n) is 3.87. The average molecular weight is 233 g/mol. The molecule has 0 bridgehead atoms. The van der Waals surface area contributed by atoms with Crippen LogP contribution >= 0.6 is 0 Å². The van der Waals surface area contributed by atoms with E-state index in [-0.39, 0.29) is 17.3 Å². The molecule has 0 spiro atoms. The maximum absolute atomic E-state index is 10.9. The minimum atomic E-state index is -1.05. The highest BCUT2D eigenvalue weighted by molar-refractivity contribution is 5.97. The molecule has 5 heteroatoms. The van der Waals surface area contributed by atoms with Gasteiger partial charge in [0.05, 0.1) is 29.4 Å². The molecule has 0 fully saturated rings. The molecule has 0 saturated carbocycles. The van der Waals surface area contributed by atoms with E-state index in [1.807, 2.05) is 11.8 Å². The number of carboxylic acids is 1. The second kappa shape index (κ2) is 5.21. The normalized spacial score (nSPS) is 11.6. The zero-order chi connectivity index (χ0) is 13.0. The Morgan fingerprint density at radius 2 is 2.29 bits per heavy atom. The van der Waals surface area contributed by atoms with Crippen molar-refractivity contribution in [2.45, 2.75) is 19.4 Å². The molecule has 1 unspecified atom stereocenters. The van der Waals surface area contributed by atoms with Crippen LogP contribution in [0, 0.1) is 11.3 Å². The Labute approximate surface area is 100 Å². The second-order valence-corrected chi connectivity index (χ2v) is 3.87. The van der Waals surface area contributed by atoms with Gasteiger partial charge in [0.25, 0.3) is 0 Å². The first-order valence-corrected chi connectivity index (χ1v) is 5.20. The lowest BCUT2D eigenvalue weighted by atomic mass is 10.1. The lowest BCUT2D eigenvalue weighted by Crippen LogP contribution is -2.29. The van der Waals surface area contributed by atoms with Crippen LogP contribution in [0.3, 0.4) is 0 Å². The van der Waals surface area contributed by atoms with Crippen molar-refractivity contribution in [3.63, 3.8) is 0 Å². The van der Waals surface area contributed by atoms with Crippen molar-refractivity contribution in [3.8, 4) is 6.07 Å². The lowest BCUT2D eigenvalue weighted by Gasteiger charge is -2.26. The van der Waals surface area contributed by atoms with Gasteiger partial charge in [0.2, 0.25) is 0 Å². The van der Waals surface area contributed by atoms with E-state index in [9.17, 15) is 4.79 Å². The van der Waals surface area contributed by atoms with Gasteiger partial charge in [-0.05, 0) is 19.1 Å². The van der Waals surface area contributed by atoms with Crippen LogP contribution in [0.5, 0.6) is 0 Å². The fourth-order valence-electron chi connectivity index (χ4n) is 1.55. The number of aromatic carboxylic acids is 1. The number of benzene rings is 1. The molecule has 0 aromatic heterocycles. The summed E-state index contributed by atoms with van der Waals surface area (Å²) in [4.78, 5) is 12.8. The van der Waals surface area contributed by atoms with Crippen LogP contribution in [-0.2, 0) is 0 Å². The highest BCUT2D eigenvalue weighted by atomic mass is 16.4. The van der Waals surface area contributed by atoms with Gasteiger partial charge < -0.3 is 15.7 Å². The molecule has 17 heavy (non-hydrogen) atoms. The fourth-order valence-corrected chi connectivity index (χ4v) is 1.55. The number of nitrogen functional groups attached to an aromatic ring is 1. The summed E-state index contributed by atoms with van der Waals surface area (Å²) in [6, 6.07) is 6.91. The maximum atomic E-state index is 10.9. The van der Waals surface area contributed by atoms with E-state index in [2.05, 4.69) is 6.07 Å². The van der Waals surface area contributed by atoms with Crippen molar-refractivity contribution >= 4 is 17.3 Å². The largest absolute Gasteiger partial charge is 0.478 e. The smallest absolute Gasteiger partial charge is 0.337 e. The zero-order valence-electron chi connectivity index (χ0n) is 9.84. The maximum Gasteiger partial charge on any atom is 0.337 e. The van der Waals surface area contributed by atoms with Crippen molar-refractivity contribution in [2.24, 2.45) is 0 Å². The van der Waals surface area contributed by atoms with Gasteiger partial charge in [0.15, 0.2) is 0 Å². The quantitative estimate of drug-likeness (QED) is 0.772. The summed E-state index contributed by atoms with van der Waals surface area (Å²) >= 11 is 0. The Morgan fingerprint density at radius 1 is 1.65 bits per heavy atom. The van der Waals surface area contributed by atoms with Gasteiger partial charge in [0, 0.05) is 13.1 Å². The van der Waals surface area contributed by atoms with Crippen LogP contribution in [-0.4, -0.2) is 24.2 Å². The molecule has 0 aliphatic rings. The molecule has 1 aromatic rings. The Kier molecular flexibility index (Phi) is 3.94. The standard InChI is InChI=1S/C12H15N3O2/c1-8(6-7-13)15(2)10-5-3-4-9(11(10)14)12(16)17/h3-5,8H,6,14H2,1-2H3,(H,16,17). The summed E-state index contributed by atoms with van der Waals surface area (Å²) in [5, 5.41) is 17.6. The van der Waals surface area contributed by atoms with Crippen molar-refractivity contribution < 1.29 is 9.90 Å². The number of carboxylic acid groups (broad SMARTS) is 1. The number of para-hydroxylation sites is 1. The number of carbonyl (C=O) groups is 1. The number of nitrogens with two attached hydrogens (primary N) is 1. The van der Waals surface area contributed by atoms with E-state index >= 15 is 0 Å². The van der Waals surface area contributed by atoms with Gasteiger partial charge in [-0.3, -0.25) is 0 Å².